The molecule has 0 amide bonds. The average Bonchev–Trinajstić information content (AvgIpc) is 4.32. The van der Waals surface area contributed by atoms with Crippen molar-refractivity contribution in [2.75, 3.05) is 25.1 Å². The largest absolute Gasteiger partial charge is 0.454 e. The SMILES string of the molecule is Nc1c(N)c2ccccc2c2ccccc12.O=C(C(=O)c1ccc2c(c1)COC2)c1ccc2c(c1)COC2.c1ccc2c(c1)c1ccccc1c1nc(-c3ccc4c(c3)OCO4)c(-c3ccc4c(c3)OCO4)nc21. The number of anilines is 2. The standard InChI is InChI=1S/C30H18N2O4.C18H14O4.C14H12N2/c1-3-7-21-19(5-1)20-6-2-4-8-22(20)30-29(21)31-27(17-9-11-23-25(13-17)35-15-33-23)28(32-30)18-10-12-24-26(14-18)36-16-34-24;19-17(11-1-3-13-7-21-9-15(13)5-11)18(20)12-2-4-14-8-22-10-16(14)6-12;15-13-11-7-3-1-5-9(11)10-6-2-4-8-12(10)14(13)16/h1-14H,15-16H2;1-6H,7-10H2;1-8H,15-16H2. The third-order valence-corrected chi connectivity index (χ3v) is 14.0. The van der Waals surface area contributed by atoms with Gasteiger partial charge in [0.05, 0.1) is 60.2 Å². The van der Waals surface area contributed by atoms with Gasteiger partial charge in [-0.3, -0.25) is 9.59 Å². The minimum Gasteiger partial charge on any atom is -0.454 e. The second-order valence-electron chi connectivity index (χ2n) is 18.4. The molecule has 15 rings (SSSR count). The lowest BCUT2D eigenvalue weighted by Gasteiger charge is -2.15. The first-order chi connectivity index (χ1) is 36.3. The number of nitrogen functional groups attached to an aromatic ring is 2. The summed E-state index contributed by atoms with van der Waals surface area (Å²) in [4.78, 5) is 35.4. The molecule has 12 heteroatoms. The normalized spacial score (nSPS) is 13.6. The Labute approximate surface area is 423 Å². The van der Waals surface area contributed by atoms with Gasteiger partial charge in [-0.2, -0.15) is 0 Å². The van der Waals surface area contributed by atoms with E-state index in [0.717, 1.165) is 110 Å². The van der Waals surface area contributed by atoms with E-state index in [0.29, 0.717) is 60.4 Å². The van der Waals surface area contributed by atoms with Crippen LogP contribution in [0.25, 0.3) is 76.6 Å². The fourth-order valence-corrected chi connectivity index (χ4v) is 10.2. The number of hydrogen-bond donors (Lipinski definition) is 2. The molecule has 4 aliphatic rings. The Bertz CT molecular complexity index is 3870. The molecule has 0 spiro atoms. The third-order valence-electron chi connectivity index (χ3n) is 14.0. The Balaban J connectivity index is 0.000000118. The smallest absolute Gasteiger partial charge is 0.233 e. The summed E-state index contributed by atoms with van der Waals surface area (Å²) >= 11 is 0. The Morgan fingerprint density at radius 3 is 1.14 bits per heavy atom. The molecule has 0 saturated heterocycles. The van der Waals surface area contributed by atoms with E-state index in [4.69, 9.17) is 49.9 Å². The molecule has 5 heterocycles. The van der Waals surface area contributed by atoms with E-state index < -0.39 is 11.6 Å². The molecule has 74 heavy (non-hydrogen) atoms. The van der Waals surface area contributed by atoms with E-state index in [9.17, 15) is 9.59 Å². The number of ether oxygens (including phenoxy) is 6. The van der Waals surface area contributed by atoms with E-state index in [-0.39, 0.29) is 13.6 Å². The lowest BCUT2D eigenvalue weighted by atomic mass is 9.96. The molecular formula is C62H44N4O8. The van der Waals surface area contributed by atoms with Crippen LogP contribution in [0.2, 0.25) is 0 Å². The van der Waals surface area contributed by atoms with E-state index >= 15 is 0 Å². The van der Waals surface area contributed by atoms with E-state index in [1.165, 1.54) is 0 Å². The number of carbonyl (C=O) groups excluding carboxylic acids is 2. The zero-order chi connectivity index (χ0) is 49.9. The van der Waals surface area contributed by atoms with Gasteiger partial charge in [-0.05, 0) is 92.3 Å². The number of aromatic nitrogens is 2. The lowest BCUT2D eigenvalue weighted by molar-refractivity contribution is 0.0816. The van der Waals surface area contributed by atoms with E-state index in [2.05, 4.69) is 48.5 Å². The molecule has 0 fully saturated rings. The predicted octanol–water partition coefficient (Wildman–Crippen LogP) is 12.7. The number of Topliss-reactive ketones (excluding diaryl/α,β-unsaturated/α-hetero) is 2. The summed E-state index contributed by atoms with van der Waals surface area (Å²) < 4.78 is 33.1. The van der Waals surface area contributed by atoms with E-state index in [1.54, 1.807) is 24.3 Å². The Hall–Kier alpha value is -9.36. The van der Waals surface area contributed by atoms with Crippen molar-refractivity contribution in [1.29, 1.82) is 0 Å². The van der Waals surface area contributed by atoms with Crippen LogP contribution >= 0.6 is 0 Å². The number of rotatable bonds is 5. The molecule has 4 N–H and O–H groups in total. The minimum absolute atomic E-state index is 0.216. The summed E-state index contributed by atoms with van der Waals surface area (Å²) in [5.74, 6) is 1.91. The number of nitrogens with zero attached hydrogens (tertiary/aromatic N) is 2. The fraction of sp³-hybridized carbons (Fsp3) is 0.0968. The summed E-state index contributed by atoms with van der Waals surface area (Å²) in [6.45, 7) is 2.58. The van der Waals surface area contributed by atoms with Gasteiger partial charge in [-0.25, -0.2) is 9.97 Å². The summed E-state index contributed by atoms with van der Waals surface area (Å²) in [5, 5.41) is 8.81. The maximum absolute atomic E-state index is 12.4. The highest BCUT2D eigenvalue weighted by atomic mass is 16.7. The van der Waals surface area contributed by atoms with Gasteiger partial charge in [0.2, 0.25) is 25.2 Å². The third kappa shape index (κ3) is 7.80. The van der Waals surface area contributed by atoms with Crippen molar-refractivity contribution in [2.24, 2.45) is 0 Å². The number of ketones is 2. The second-order valence-corrected chi connectivity index (χ2v) is 18.4. The number of nitrogens with two attached hydrogens (primary N) is 2. The van der Waals surface area contributed by atoms with Gasteiger partial charge in [0.1, 0.15) is 0 Å². The summed E-state index contributed by atoms with van der Waals surface area (Å²) in [6.07, 6.45) is 0. The minimum atomic E-state index is -0.478. The first-order valence-electron chi connectivity index (χ1n) is 24.2. The molecular weight excluding hydrogens is 929 g/mol. The van der Waals surface area contributed by atoms with Crippen LogP contribution in [0.4, 0.5) is 11.4 Å². The summed E-state index contributed by atoms with van der Waals surface area (Å²) in [6, 6.07) is 55.3. The highest BCUT2D eigenvalue weighted by Crippen LogP contribution is 2.43. The predicted molar refractivity (Wildman–Crippen MR) is 286 cm³/mol. The van der Waals surface area contributed by atoms with Gasteiger partial charge >= 0.3 is 0 Å². The van der Waals surface area contributed by atoms with Crippen LogP contribution in [0.3, 0.4) is 0 Å². The first-order valence-corrected chi connectivity index (χ1v) is 24.2. The Morgan fingerprint density at radius 1 is 0.365 bits per heavy atom. The van der Waals surface area contributed by atoms with Crippen LogP contribution in [0.15, 0.2) is 170 Å². The average molecular weight is 973 g/mol. The molecule has 0 atom stereocenters. The van der Waals surface area contributed by atoms with Crippen molar-refractivity contribution in [3.63, 3.8) is 0 Å². The molecule has 0 bridgehead atoms. The van der Waals surface area contributed by atoms with Crippen LogP contribution in [-0.2, 0) is 35.9 Å². The van der Waals surface area contributed by atoms with E-state index in [1.807, 2.05) is 97.1 Å². The molecule has 0 saturated carbocycles. The Morgan fingerprint density at radius 2 is 0.716 bits per heavy atom. The number of carbonyl (C=O) groups is 2. The molecule has 0 unspecified atom stereocenters. The molecule has 0 radical (unpaired) electrons. The molecule has 4 aliphatic heterocycles. The second kappa shape index (κ2) is 18.4. The van der Waals surface area contributed by atoms with Crippen molar-refractivity contribution in [3.8, 4) is 45.5 Å². The van der Waals surface area contributed by atoms with Gasteiger partial charge < -0.3 is 39.9 Å². The van der Waals surface area contributed by atoms with Crippen molar-refractivity contribution >= 4 is 77.1 Å². The van der Waals surface area contributed by atoms with Crippen LogP contribution in [0.1, 0.15) is 43.0 Å². The molecule has 11 aromatic rings. The maximum Gasteiger partial charge on any atom is 0.233 e. The van der Waals surface area contributed by atoms with Gasteiger partial charge in [-0.15, -0.1) is 0 Å². The van der Waals surface area contributed by atoms with Crippen molar-refractivity contribution in [1.82, 2.24) is 9.97 Å². The van der Waals surface area contributed by atoms with Gasteiger partial charge in [0.25, 0.3) is 0 Å². The summed E-state index contributed by atoms with van der Waals surface area (Å²) in [7, 11) is 0. The number of fused-ring (bicyclic) bond motifs is 13. The lowest BCUT2D eigenvalue weighted by Crippen LogP contribution is -2.15. The zero-order valence-electron chi connectivity index (χ0n) is 39.7. The maximum atomic E-state index is 12.4. The molecule has 1 aromatic heterocycles. The van der Waals surface area contributed by atoms with Gasteiger partial charge in [0.15, 0.2) is 23.0 Å². The topological polar surface area (TPSA) is 167 Å². The molecule has 360 valence electrons. The summed E-state index contributed by atoms with van der Waals surface area (Å²) in [5.41, 5.74) is 23.5. The fourth-order valence-electron chi connectivity index (χ4n) is 10.2. The van der Waals surface area contributed by atoms with Crippen LogP contribution < -0.4 is 30.4 Å². The number of hydrogen-bond acceptors (Lipinski definition) is 12. The van der Waals surface area contributed by atoms with Crippen molar-refractivity contribution in [2.45, 2.75) is 26.4 Å². The highest BCUT2D eigenvalue weighted by Gasteiger charge is 2.25. The van der Waals surface area contributed by atoms with Gasteiger partial charge in [-0.1, -0.05) is 121 Å². The van der Waals surface area contributed by atoms with Crippen molar-refractivity contribution in [3.05, 3.63) is 203 Å². The molecule has 12 nitrogen and oxygen atoms in total. The molecule has 10 aromatic carbocycles. The van der Waals surface area contributed by atoms with Crippen LogP contribution in [0.5, 0.6) is 23.0 Å². The monoisotopic (exact) mass is 972 g/mol. The highest BCUT2D eigenvalue weighted by molar-refractivity contribution is 6.49. The zero-order valence-corrected chi connectivity index (χ0v) is 39.7. The quantitative estimate of drug-likeness (QED) is 0.0551. The molecule has 0 aliphatic carbocycles. The number of benzene rings is 10. The van der Waals surface area contributed by atoms with Crippen molar-refractivity contribution < 1.29 is 38.0 Å². The van der Waals surface area contributed by atoms with Crippen LogP contribution in [0, 0.1) is 0 Å². The Kier molecular flexibility index (Phi) is 11.1. The first kappa shape index (κ1) is 44.6. The van der Waals surface area contributed by atoms with Gasteiger partial charge in [0, 0.05) is 43.8 Å². The van der Waals surface area contributed by atoms with Crippen LogP contribution in [-0.4, -0.2) is 35.1 Å².